The van der Waals surface area contributed by atoms with Crippen LogP contribution in [0.25, 0.3) is 0 Å². The van der Waals surface area contributed by atoms with Crippen LogP contribution < -0.4 is 10.6 Å². The molecule has 0 bridgehead atoms. The number of likely N-dealkylation sites (tertiary alicyclic amines) is 1. The zero-order valence-corrected chi connectivity index (χ0v) is 20.3. The molecule has 4 aliphatic rings. The Morgan fingerprint density at radius 3 is 2.74 bits per heavy atom. The van der Waals surface area contributed by atoms with Crippen molar-refractivity contribution < 1.29 is 9.13 Å². The first-order chi connectivity index (χ1) is 16.6. The van der Waals surface area contributed by atoms with Gasteiger partial charge in [0.1, 0.15) is 5.82 Å². The predicted octanol–water partition coefficient (Wildman–Crippen LogP) is 2.89. The van der Waals surface area contributed by atoms with E-state index in [1.54, 1.807) is 6.07 Å². The van der Waals surface area contributed by atoms with Crippen molar-refractivity contribution in [3.05, 3.63) is 47.0 Å². The first kappa shape index (κ1) is 22.6. The van der Waals surface area contributed by atoms with Crippen molar-refractivity contribution in [3.63, 3.8) is 0 Å². The molecule has 8 heteroatoms. The molecule has 0 spiro atoms. The van der Waals surface area contributed by atoms with E-state index in [0.29, 0.717) is 29.8 Å². The number of hydrogen-bond acceptors (Lipinski definition) is 6. The third kappa shape index (κ3) is 3.79. The van der Waals surface area contributed by atoms with E-state index in [1.165, 1.54) is 18.5 Å². The van der Waals surface area contributed by atoms with Gasteiger partial charge < -0.3 is 15.4 Å². The number of aryl methyl sites for hydroxylation is 2. The van der Waals surface area contributed by atoms with Gasteiger partial charge >= 0.3 is 0 Å². The quantitative estimate of drug-likeness (QED) is 0.719. The molecule has 0 radical (unpaired) electrons. The molecule has 4 saturated heterocycles. The number of fused-ring (bicyclic) bond motifs is 3. The van der Waals surface area contributed by atoms with Gasteiger partial charge in [0.2, 0.25) is 0 Å². The van der Waals surface area contributed by atoms with Crippen molar-refractivity contribution in [2.24, 2.45) is 18.9 Å². The Kier molecular flexibility index (Phi) is 6.18. The molecule has 1 aromatic carbocycles. The highest BCUT2D eigenvalue weighted by molar-refractivity contribution is 5.26. The molecular formula is C26H37FN6O. The molecule has 0 saturated carbocycles. The largest absolute Gasteiger partial charge is 0.381 e. The molecule has 4 aliphatic heterocycles. The minimum Gasteiger partial charge on any atom is -0.381 e. The lowest BCUT2D eigenvalue weighted by Gasteiger charge is -2.46. The highest BCUT2D eigenvalue weighted by atomic mass is 19.1. The summed E-state index contributed by atoms with van der Waals surface area (Å²) >= 11 is 0. The zero-order chi connectivity index (χ0) is 23.2. The van der Waals surface area contributed by atoms with E-state index in [1.807, 2.05) is 29.9 Å². The number of rotatable bonds is 4. The van der Waals surface area contributed by atoms with Crippen molar-refractivity contribution in [2.45, 2.75) is 69.2 Å². The van der Waals surface area contributed by atoms with Crippen LogP contribution in [0.15, 0.2) is 24.3 Å². The Morgan fingerprint density at radius 1 is 1.15 bits per heavy atom. The van der Waals surface area contributed by atoms with Gasteiger partial charge in [0, 0.05) is 62.3 Å². The van der Waals surface area contributed by atoms with Crippen LogP contribution in [0, 0.1) is 24.6 Å². The molecule has 7 nitrogen and oxygen atoms in total. The second kappa shape index (κ2) is 9.30. The molecule has 0 aliphatic carbocycles. The summed E-state index contributed by atoms with van der Waals surface area (Å²) in [4.78, 5) is 2.70. The number of nitrogens with zero attached hydrogens (tertiary/aromatic N) is 4. The Labute approximate surface area is 201 Å². The van der Waals surface area contributed by atoms with Gasteiger partial charge in [-0.1, -0.05) is 23.4 Å². The van der Waals surface area contributed by atoms with Gasteiger partial charge in [-0.25, -0.2) is 4.39 Å². The maximum atomic E-state index is 15.4. The average Bonchev–Trinajstić information content (AvgIpc) is 3.37. The van der Waals surface area contributed by atoms with Gasteiger partial charge in [-0.15, -0.1) is 5.10 Å². The van der Waals surface area contributed by atoms with Crippen molar-refractivity contribution in [1.29, 1.82) is 0 Å². The molecule has 6 rings (SSSR count). The maximum absolute atomic E-state index is 15.4. The standard InChI is InChI=1S/C26H37FN6O/c1-16-24(32(2)31-30-16)18-14-22-23(29-15-18)20-7-5-11-28-26(20)33(22)25(17-9-12-34-13-10-17)19-6-3-4-8-21(19)27/h3-4,6,8,17-18,20,22-23,25-26,28-29H,5,7,9-15H2,1-2H3/t18?,20?,22?,23?,25-,26?/m0/s1. The van der Waals surface area contributed by atoms with Gasteiger partial charge in [0.05, 0.1) is 17.6 Å². The Bertz CT molecular complexity index is 987. The van der Waals surface area contributed by atoms with Crippen LogP contribution in [0.3, 0.4) is 0 Å². The van der Waals surface area contributed by atoms with E-state index in [9.17, 15) is 0 Å². The van der Waals surface area contributed by atoms with E-state index >= 15 is 4.39 Å². The smallest absolute Gasteiger partial charge is 0.127 e. The van der Waals surface area contributed by atoms with E-state index in [0.717, 1.165) is 56.8 Å². The molecule has 0 amide bonds. The van der Waals surface area contributed by atoms with Gasteiger partial charge in [-0.2, -0.15) is 0 Å². The fraction of sp³-hybridized carbons (Fsp3) is 0.692. The molecule has 5 heterocycles. The summed E-state index contributed by atoms with van der Waals surface area (Å²) in [5.74, 6) is 1.19. The van der Waals surface area contributed by atoms with Crippen LogP contribution >= 0.6 is 0 Å². The third-order valence-electron chi connectivity index (χ3n) is 8.87. The van der Waals surface area contributed by atoms with Gasteiger partial charge in [-0.05, 0) is 57.6 Å². The fourth-order valence-corrected chi connectivity index (χ4v) is 7.50. The van der Waals surface area contributed by atoms with Crippen LogP contribution in [0.1, 0.15) is 61.0 Å². The molecule has 1 aromatic heterocycles. The number of piperidine rings is 2. The number of aromatic nitrogens is 3. The Balaban J connectivity index is 1.41. The van der Waals surface area contributed by atoms with Crippen LogP contribution in [-0.2, 0) is 11.8 Å². The highest BCUT2D eigenvalue weighted by Crippen LogP contribution is 2.49. The lowest BCUT2D eigenvalue weighted by Crippen LogP contribution is -2.54. The lowest BCUT2D eigenvalue weighted by molar-refractivity contribution is -0.00933. The first-order valence-corrected chi connectivity index (χ1v) is 13.1. The Morgan fingerprint density at radius 2 is 1.97 bits per heavy atom. The molecule has 6 atom stereocenters. The van der Waals surface area contributed by atoms with Crippen LogP contribution in [0.4, 0.5) is 4.39 Å². The fourth-order valence-electron chi connectivity index (χ4n) is 7.50. The summed E-state index contributed by atoms with van der Waals surface area (Å²) < 4.78 is 23.1. The second-order valence-electron chi connectivity index (χ2n) is 10.7. The maximum Gasteiger partial charge on any atom is 0.127 e. The highest BCUT2D eigenvalue weighted by Gasteiger charge is 2.55. The van der Waals surface area contributed by atoms with E-state index in [4.69, 9.17) is 4.74 Å². The summed E-state index contributed by atoms with van der Waals surface area (Å²) in [5.41, 5.74) is 3.09. The SMILES string of the molecule is Cc1nnn(C)c1C1CNC2C3CCCNC3N([C@H](c3ccccc3F)C3CCOCC3)C2C1. The number of hydrogen-bond donors (Lipinski definition) is 2. The predicted molar refractivity (Wildman–Crippen MR) is 128 cm³/mol. The average molecular weight is 469 g/mol. The minimum atomic E-state index is -0.0817. The van der Waals surface area contributed by atoms with Crippen LogP contribution in [0.2, 0.25) is 0 Å². The van der Waals surface area contributed by atoms with Gasteiger partial charge in [-0.3, -0.25) is 9.58 Å². The van der Waals surface area contributed by atoms with Gasteiger partial charge in [0.15, 0.2) is 0 Å². The molecule has 184 valence electrons. The van der Waals surface area contributed by atoms with E-state index in [2.05, 4.69) is 32.8 Å². The summed E-state index contributed by atoms with van der Waals surface area (Å²) in [6.07, 6.45) is 5.70. The number of nitrogens with one attached hydrogen (secondary N) is 2. The van der Waals surface area contributed by atoms with Crippen molar-refractivity contribution in [3.8, 4) is 0 Å². The first-order valence-electron chi connectivity index (χ1n) is 13.1. The molecule has 34 heavy (non-hydrogen) atoms. The summed E-state index contributed by atoms with van der Waals surface area (Å²) in [6, 6.07) is 8.26. The van der Waals surface area contributed by atoms with E-state index < -0.39 is 0 Å². The third-order valence-corrected chi connectivity index (χ3v) is 8.87. The topological polar surface area (TPSA) is 67.2 Å². The summed E-state index contributed by atoms with van der Waals surface area (Å²) in [6.45, 7) is 5.57. The summed E-state index contributed by atoms with van der Waals surface area (Å²) in [7, 11) is 2.00. The molecule has 2 N–H and O–H groups in total. The molecular weight excluding hydrogens is 431 g/mol. The number of benzene rings is 1. The zero-order valence-electron chi connectivity index (χ0n) is 20.3. The van der Waals surface area contributed by atoms with Crippen molar-refractivity contribution in [2.75, 3.05) is 26.3 Å². The monoisotopic (exact) mass is 468 g/mol. The van der Waals surface area contributed by atoms with E-state index in [-0.39, 0.29) is 18.0 Å². The number of halogens is 1. The minimum absolute atomic E-state index is 0.0458. The summed E-state index contributed by atoms with van der Waals surface area (Å²) in [5, 5.41) is 16.4. The number of ether oxygens (including phenoxy) is 1. The van der Waals surface area contributed by atoms with Crippen molar-refractivity contribution >= 4 is 0 Å². The lowest BCUT2D eigenvalue weighted by atomic mass is 9.81. The Hall–Kier alpha value is -1.87. The normalized spacial score (nSPS) is 33.4. The molecule has 4 fully saturated rings. The van der Waals surface area contributed by atoms with Crippen LogP contribution in [0.5, 0.6) is 0 Å². The van der Waals surface area contributed by atoms with Crippen LogP contribution in [-0.4, -0.2) is 64.4 Å². The van der Waals surface area contributed by atoms with Gasteiger partial charge in [0.25, 0.3) is 0 Å². The molecule has 5 unspecified atom stereocenters. The van der Waals surface area contributed by atoms with Crippen molar-refractivity contribution in [1.82, 2.24) is 30.5 Å². The second-order valence-corrected chi connectivity index (χ2v) is 10.7. The molecule has 2 aromatic rings.